The van der Waals surface area contributed by atoms with Gasteiger partial charge in [0.25, 0.3) is 5.91 Å². The monoisotopic (exact) mass is 309 g/mol. The van der Waals surface area contributed by atoms with E-state index in [2.05, 4.69) is 10.3 Å². The van der Waals surface area contributed by atoms with Crippen LogP contribution >= 0.6 is 0 Å². The SMILES string of the molecule is CC(C)C(=O)N1CCc2cc(NC(=O)c3ccncc3)ccc21. The molecule has 0 bridgehead atoms. The molecular weight excluding hydrogens is 290 g/mol. The average Bonchev–Trinajstić information content (AvgIpc) is 2.98. The minimum Gasteiger partial charge on any atom is -0.322 e. The summed E-state index contributed by atoms with van der Waals surface area (Å²) < 4.78 is 0. The number of anilines is 2. The summed E-state index contributed by atoms with van der Waals surface area (Å²) in [5.41, 5.74) is 3.35. The Morgan fingerprint density at radius 2 is 1.91 bits per heavy atom. The van der Waals surface area contributed by atoms with Gasteiger partial charge >= 0.3 is 0 Å². The van der Waals surface area contributed by atoms with Gasteiger partial charge in [0.15, 0.2) is 0 Å². The van der Waals surface area contributed by atoms with Crippen molar-refractivity contribution in [2.45, 2.75) is 20.3 Å². The predicted molar refractivity (Wildman–Crippen MR) is 89.5 cm³/mol. The van der Waals surface area contributed by atoms with E-state index in [1.165, 1.54) is 0 Å². The molecule has 2 aromatic rings. The molecule has 0 unspecified atom stereocenters. The minimum atomic E-state index is -0.166. The van der Waals surface area contributed by atoms with Gasteiger partial charge in [0.2, 0.25) is 5.91 Å². The van der Waals surface area contributed by atoms with E-state index >= 15 is 0 Å². The largest absolute Gasteiger partial charge is 0.322 e. The van der Waals surface area contributed by atoms with Gasteiger partial charge in [0.05, 0.1) is 0 Å². The number of rotatable bonds is 3. The first-order chi connectivity index (χ1) is 11.1. The lowest BCUT2D eigenvalue weighted by Crippen LogP contribution is -2.32. The molecule has 0 atom stereocenters. The number of nitrogens with zero attached hydrogens (tertiary/aromatic N) is 2. The number of amides is 2. The van der Waals surface area contributed by atoms with Crippen LogP contribution in [0.5, 0.6) is 0 Å². The normalized spacial score (nSPS) is 13.1. The lowest BCUT2D eigenvalue weighted by molar-refractivity contribution is -0.121. The highest BCUT2D eigenvalue weighted by Crippen LogP contribution is 2.31. The van der Waals surface area contributed by atoms with Crippen molar-refractivity contribution < 1.29 is 9.59 Å². The molecule has 1 aromatic heterocycles. The molecule has 3 rings (SSSR count). The van der Waals surface area contributed by atoms with Crippen LogP contribution in [-0.4, -0.2) is 23.3 Å². The van der Waals surface area contributed by atoms with E-state index in [1.807, 2.05) is 36.9 Å². The summed E-state index contributed by atoms with van der Waals surface area (Å²) in [5.74, 6) is -0.0511. The molecule has 1 aliphatic heterocycles. The molecule has 2 amide bonds. The Bertz CT molecular complexity index is 741. The fourth-order valence-corrected chi connectivity index (χ4v) is 2.73. The maximum atomic E-state index is 12.2. The maximum absolute atomic E-state index is 12.2. The van der Waals surface area contributed by atoms with E-state index in [0.717, 1.165) is 23.4 Å². The standard InChI is InChI=1S/C18H19N3O2/c1-12(2)18(23)21-10-7-14-11-15(3-4-16(14)21)20-17(22)13-5-8-19-9-6-13/h3-6,8-9,11-12H,7,10H2,1-2H3,(H,20,22). The molecule has 2 heterocycles. The van der Waals surface area contributed by atoms with Gasteiger partial charge in [-0.15, -0.1) is 0 Å². The van der Waals surface area contributed by atoms with E-state index < -0.39 is 0 Å². The van der Waals surface area contributed by atoms with Gasteiger partial charge in [-0.3, -0.25) is 14.6 Å². The fraction of sp³-hybridized carbons (Fsp3) is 0.278. The Morgan fingerprint density at radius 1 is 1.17 bits per heavy atom. The van der Waals surface area contributed by atoms with Crippen LogP contribution in [0.3, 0.4) is 0 Å². The summed E-state index contributed by atoms with van der Waals surface area (Å²) in [5, 5.41) is 2.88. The molecule has 0 fully saturated rings. The maximum Gasteiger partial charge on any atom is 0.255 e. The molecule has 118 valence electrons. The van der Waals surface area contributed by atoms with Crippen molar-refractivity contribution in [3.05, 3.63) is 53.9 Å². The summed E-state index contributed by atoms with van der Waals surface area (Å²) in [6.45, 7) is 4.52. The third-order valence-corrected chi connectivity index (χ3v) is 3.94. The third kappa shape index (κ3) is 3.08. The number of fused-ring (bicyclic) bond motifs is 1. The van der Waals surface area contributed by atoms with Crippen LogP contribution in [0.2, 0.25) is 0 Å². The third-order valence-electron chi connectivity index (χ3n) is 3.94. The van der Waals surface area contributed by atoms with Gasteiger partial charge in [-0.1, -0.05) is 13.8 Å². The summed E-state index contributed by atoms with van der Waals surface area (Å²) in [4.78, 5) is 30.1. The quantitative estimate of drug-likeness (QED) is 0.948. The van der Waals surface area contributed by atoms with E-state index in [1.54, 1.807) is 24.5 Å². The smallest absolute Gasteiger partial charge is 0.255 e. The fourth-order valence-electron chi connectivity index (χ4n) is 2.73. The number of aromatic nitrogens is 1. The molecule has 1 N–H and O–H groups in total. The highest BCUT2D eigenvalue weighted by Gasteiger charge is 2.26. The van der Waals surface area contributed by atoms with Crippen molar-refractivity contribution in [1.82, 2.24) is 4.98 Å². The molecule has 1 aromatic carbocycles. The molecule has 5 nitrogen and oxygen atoms in total. The van der Waals surface area contributed by atoms with Crippen LogP contribution in [0.1, 0.15) is 29.8 Å². The molecule has 5 heteroatoms. The van der Waals surface area contributed by atoms with E-state index in [4.69, 9.17) is 0 Å². The highest BCUT2D eigenvalue weighted by atomic mass is 16.2. The second-order valence-corrected chi connectivity index (χ2v) is 5.93. The van der Waals surface area contributed by atoms with Gasteiger partial charge in [-0.25, -0.2) is 0 Å². The number of hydrogen-bond donors (Lipinski definition) is 1. The zero-order valence-corrected chi connectivity index (χ0v) is 13.2. The second-order valence-electron chi connectivity index (χ2n) is 5.93. The molecule has 0 radical (unpaired) electrons. The molecule has 0 saturated carbocycles. The predicted octanol–water partition coefficient (Wildman–Crippen LogP) is 2.88. The number of benzene rings is 1. The first kappa shape index (κ1) is 15.2. The number of carbonyl (C=O) groups excluding carboxylic acids is 2. The van der Waals surface area contributed by atoms with Crippen LogP contribution in [-0.2, 0) is 11.2 Å². The minimum absolute atomic E-state index is 0.0213. The molecular formula is C18H19N3O2. The zero-order chi connectivity index (χ0) is 16.4. The first-order valence-electron chi connectivity index (χ1n) is 7.72. The Hall–Kier alpha value is -2.69. The van der Waals surface area contributed by atoms with Crippen LogP contribution in [0, 0.1) is 5.92 Å². The average molecular weight is 309 g/mol. The van der Waals surface area contributed by atoms with Gasteiger partial charge in [-0.2, -0.15) is 0 Å². The van der Waals surface area contributed by atoms with Crippen LogP contribution in [0.4, 0.5) is 11.4 Å². The summed E-state index contributed by atoms with van der Waals surface area (Å²) in [7, 11) is 0. The lowest BCUT2D eigenvalue weighted by atomic mass is 10.1. The van der Waals surface area contributed by atoms with E-state index in [-0.39, 0.29) is 17.7 Å². The van der Waals surface area contributed by atoms with Gasteiger partial charge in [0, 0.05) is 41.8 Å². The topological polar surface area (TPSA) is 62.3 Å². The van der Waals surface area contributed by atoms with Crippen LogP contribution < -0.4 is 10.2 Å². The molecule has 0 aliphatic carbocycles. The molecule has 0 spiro atoms. The van der Waals surface area contributed by atoms with Gasteiger partial charge in [0.1, 0.15) is 0 Å². The summed E-state index contributed by atoms with van der Waals surface area (Å²) in [6, 6.07) is 9.04. The van der Waals surface area contributed by atoms with Gasteiger partial charge < -0.3 is 10.2 Å². The van der Waals surface area contributed by atoms with Crippen molar-refractivity contribution in [1.29, 1.82) is 0 Å². The molecule has 23 heavy (non-hydrogen) atoms. The Morgan fingerprint density at radius 3 is 2.61 bits per heavy atom. The van der Waals surface area contributed by atoms with Crippen molar-refractivity contribution in [3.63, 3.8) is 0 Å². The Labute approximate surface area is 135 Å². The van der Waals surface area contributed by atoms with Crippen LogP contribution in [0.15, 0.2) is 42.7 Å². The highest BCUT2D eigenvalue weighted by molar-refractivity contribution is 6.04. The molecule has 1 aliphatic rings. The number of carbonyl (C=O) groups is 2. The molecule has 0 saturated heterocycles. The Kier molecular flexibility index (Phi) is 4.10. The van der Waals surface area contributed by atoms with E-state index in [0.29, 0.717) is 12.1 Å². The second kappa shape index (κ2) is 6.20. The first-order valence-corrected chi connectivity index (χ1v) is 7.72. The lowest BCUT2D eigenvalue weighted by Gasteiger charge is -2.19. The zero-order valence-electron chi connectivity index (χ0n) is 13.2. The van der Waals surface area contributed by atoms with Crippen LogP contribution in [0.25, 0.3) is 0 Å². The summed E-state index contributed by atoms with van der Waals surface area (Å²) in [6.07, 6.45) is 3.99. The Balaban J connectivity index is 1.78. The van der Waals surface area contributed by atoms with Crippen molar-refractivity contribution in [2.75, 3.05) is 16.8 Å². The van der Waals surface area contributed by atoms with Gasteiger partial charge in [-0.05, 0) is 42.3 Å². The van der Waals surface area contributed by atoms with E-state index in [9.17, 15) is 9.59 Å². The van der Waals surface area contributed by atoms with Crippen molar-refractivity contribution in [2.24, 2.45) is 5.92 Å². The number of hydrogen-bond acceptors (Lipinski definition) is 3. The number of pyridine rings is 1. The summed E-state index contributed by atoms with van der Waals surface area (Å²) >= 11 is 0. The van der Waals surface area contributed by atoms with Crippen molar-refractivity contribution >= 4 is 23.2 Å². The van der Waals surface area contributed by atoms with Crippen molar-refractivity contribution in [3.8, 4) is 0 Å². The number of nitrogens with one attached hydrogen (secondary N) is 1.